The van der Waals surface area contributed by atoms with Gasteiger partial charge in [-0.2, -0.15) is 0 Å². The van der Waals surface area contributed by atoms with E-state index in [0.29, 0.717) is 0 Å². The van der Waals surface area contributed by atoms with Crippen LogP contribution in [0.4, 0.5) is 10.5 Å². The highest BCUT2D eigenvalue weighted by Crippen LogP contribution is 2.43. The van der Waals surface area contributed by atoms with Crippen LogP contribution in [0, 0.1) is 0 Å². The van der Waals surface area contributed by atoms with Crippen molar-refractivity contribution in [3.63, 3.8) is 0 Å². The highest BCUT2D eigenvalue weighted by molar-refractivity contribution is 5.93. The standard InChI is InChI=1S/C12H14N2O/c15-11-13-10-6-2-1-5-9(10)12(14-11)7-3-4-8-12/h1-2,5-6H,3-4,7-8H2,(H2,13,14,15). The molecule has 3 rings (SSSR count). The topological polar surface area (TPSA) is 41.1 Å². The van der Waals surface area contributed by atoms with Gasteiger partial charge in [-0.15, -0.1) is 0 Å². The van der Waals surface area contributed by atoms with Crippen LogP contribution in [-0.2, 0) is 5.54 Å². The number of para-hydroxylation sites is 1. The maximum Gasteiger partial charge on any atom is 0.319 e. The molecule has 0 bridgehead atoms. The fraction of sp³-hybridized carbons (Fsp3) is 0.417. The van der Waals surface area contributed by atoms with E-state index < -0.39 is 0 Å². The van der Waals surface area contributed by atoms with E-state index in [-0.39, 0.29) is 11.6 Å². The van der Waals surface area contributed by atoms with Crippen LogP contribution in [0.3, 0.4) is 0 Å². The van der Waals surface area contributed by atoms with Crippen molar-refractivity contribution in [1.29, 1.82) is 0 Å². The summed E-state index contributed by atoms with van der Waals surface area (Å²) in [6, 6.07) is 8.04. The first-order valence-electron chi connectivity index (χ1n) is 5.49. The molecule has 1 saturated carbocycles. The number of rotatable bonds is 0. The number of urea groups is 1. The summed E-state index contributed by atoms with van der Waals surface area (Å²) in [6.45, 7) is 0. The Balaban J connectivity index is 2.14. The lowest BCUT2D eigenvalue weighted by Crippen LogP contribution is -2.50. The Morgan fingerprint density at radius 2 is 1.87 bits per heavy atom. The number of hydrogen-bond acceptors (Lipinski definition) is 1. The molecule has 2 amide bonds. The first-order valence-corrected chi connectivity index (χ1v) is 5.49. The van der Waals surface area contributed by atoms with Crippen LogP contribution in [0.5, 0.6) is 0 Å². The Morgan fingerprint density at radius 1 is 1.13 bits per heavy atom. The van der Waals surface area contributed by atoms with Crippen molar-refractivity contribution < 1.29 is 4.79 Å². The highest BCUT2D eigenvalue weighted by Gasteiger charge is 2.41. The number of hydrogen-bond donors (Lipinski definition) is 2. The van der Waals surface area contributed by atoms with Crippen molar-refractivity contribution in [2.75, 3.05) is 5.32 Å². The number of carbonyl (C=O) groups excluding carboxylic acids is 1. The van der Waals surface area contributed by atoms with Crippen LogP contribution < -0.4 is 10.6 Å². The third-order valence-electron chi connectivity index (χ3n) is 3.50. The lowest BCUT2D eigenvalue weighted by atomic mass is 9.85. The fourth-order valence-corrected chi connectivity index (χ4v) is 2.82. The van der Waals surface area contributed by atoms with Gasteiger partial charge in [0.15, 0.2) is 0 Å². The molecule has 1 aliphatic heterocycles. The summed E-state index contributed by atoms with van der Waals surface area (Å²) in [4.78, 5) is 11.6. The second-order valence-electron chi connectivity index (χ2n) is 4.41. The van der Waals surface area contributed by atoms with E-state index in [4.69, 9.17) is 0 Å². The maximum absolute atomic E-state index is 11.6. The van der Waals surface area contributed by atoms with Crippen LogP contribution in [0.15, 0.2) is 24.3 Å². The van der Waals surface area contributed by atoms with Gasteiger partial charge in [-0.25, -0.2) is 4.79 Å². The van der Waals surface area contributed by atoms with Crippen molar-refractivity contribution in [3.05, 3.63) is 29.8 Å². The van der Waals surface area contributed by atoms with E-state index in [1.165, 1.54) is 18.4 Å². The molecule has 1 aromatic carbocycles. The summed E-state index contributed by atoms with van der Waals surface area (Å²) in [5, 5.41) is 5.96. The Labute approximate surface area is 88.9 Å². The summed E-state index contributed by atoms with van der Waals surface area (Å²) < 4.78 is 0. The zero-order valence-electron chi connectivity index (χ0n) is 8.55. The summed E-state index contributed by atoms with van der Waals surface area (Å²) in [6.07, 6.45) is 4.54. The lowest BCUT2D eigenvalue weighted by molar-refractivity contribution is 0.233. The lowest BCUT2D eigenvalue weighted by Gasteiger charge is -2.36. The molecule has 0 saturated heterocycles. The number of fused-ring (bicyclic) bond motifs is 2. The number of amides is 2. The van der Waals surface area contributed by atoms with E-state index in [2.05, 4.69) is 16.7 Å². The fourth-order valence-electron chi connectivity index (χ4n) is 2.82. The van der Waals surface area contributed by atoms with Gasteiger partial charge in [0.1, 0.15) is 0 Å². The largest absolute Gasteiger partial charge is 0.328 e. The summed E-state index contributed by atoms with van der Waals surface area (Å²) in [5.74, 6) is 0. The molecule has 78 valence electrons. The molecule has 1 spiro atoms. The Morgan fingerprint density at radius 3 is 2.67 bits per heavy atom. The SMILES string of the molecule is O=C1Nc2ccccc2C2(CCCC2)N1. The zero-order chi connectivity index (χ0) is 10.3. The predicted molar refractivity (Wildman–Crippen MR) is 58.7 cm³/mol. The van der Waals surface area contributed by atoms with Crippen molar-refractivity contribution in [3.8, 4) is 0 Å². The minimum atomic E-state index is -0.0844. The number of nitrogens with one attached hydrogen (secondary N) is 2. The summed E-state index contributed by atoms with van der Waals surface area (Å²) in [7, 11) is 0. The third kappa shape index (κ3) is 1.23. The Kier molecular flexibility index (Phi) is 1.75. The molecule has 15 heavy (non-hydrogen) atoms. The molecular formula is C12H14N2O. The second kappa shape index (κ2) is 2.99. The molecule has 1 aromatic rings. The summed E-state index contributed by atoms with van der Waals surface area (Å²) >= 11 is 0. The molecule has 2 N–H and O–H groups in total. The van der Waals surface area contributed by atoms with E-state index in [9.17, 15) is 4.79 Å². The van der Waals surface area contributed by atoms with Gasteiger partial charge in [0, 0.05) is 11.3 Å². The Bertz CT molecular complexity index is 408. The number of benzene rings is 1. The van der Waals surface area contributed by atoms with Crippen LogP contribution in [0.25, 0.3) is 0 Å². The van der Waals surface area contributed by atoms with Crippen LogP contribution in [0.2, 0.25) is 0 Å². The number of carbonyl (C=O) groups is 1. The highest BCUT2D eigenvalue weighted by atomic mass is 16.2. The van der Waals surface area contributed by atoms with Crippen LogP contribution in [-0.4, -0.2) is 6.03 Å². The molecule has 1 fully saturated rings. The third-order valence-corrected chi connectivity index (χ3v) is 3.50. The molecule has 0 atom stereocenters. The minimum absolute atomic E-state index is 0.0596. The van der Waals surface area contributed by atoms with E-state index in [1.54, 1.807) is 0 Å². The molecule has 3 heteroatoms. The quantitative estimate of drug-likeness (QED) is 0.667. The van der Waals surface area contributed by atoms with Gasteiger partial charge in [0.05, 0.1) is 5.54 Å². The molecule has 0 unspecified atom stereocenters. The molecular weight excluding hydrogens is 188 g/mol. The van der Waals surface area contributed by atoms with Gasteiger partial charge in [-0.3, -0.25) is 0 Å². The van der Waals surface area contributed by atoms with Gasteiger partial charge in [0.25, 0.3) is 0 Å². The van der Waals surface area contributed by atoms with Crippen molar-refractivity contribution in [2.24, 2.45) is 0 Å². The molecule has 0 aromatic heterocycles. The second-order valence-corrected chi connectivity index (χ2v) is 4.41. The molecule has 1 heterocycles. The Hall–Kier alpha value is -1.51. The normalized spacial score (nSPS) is 22.0. The predicted octanol–water partition coefficient (Wildman–Crippen LogP) is 2.59. The van der Waals surface area contributed by atoms with Gasteiger partial charge < -0.3 is 10.6 Å². The maximum atomic E-state index is 11.6. The number of anilines is 1. The van der Waals surface area contributed by atoms with Crippen molar-refractivity contribution in [1.82, 2.24) is 5.32 Å². The van der Waals surface area contributed by atoms with E-state index >= 15 is 0 Å². The van der Waals surface area contributed by atoms with Gasteiger partial charge in [0.2, 0.25) is 0 Å². The van der Waals surface area contributed by atoms with E-state index in [0.717, 1.165) is 18.5 Å². The average molecular weight is 202 g/mol. The molecule has 0 radical (unpaired) electrons. The molecule has 1 aliphatic carbocycles. The first-order chi connectivity index (χ1) is 7.30. The zero-order valence-corrected chi connectivity index (χ0v) is 8.55. The first kappa shape index (κ1) is 8.77. The van der Waals surface area contributed by atoms with Gasteiger partial charge in [-0.05, 0) is 18.9 Å². The monoisotopic (exact) mass is 202 g/mol. The van der Waals surface area contributed by atoms with Gasteiger partial charge >= 0.3 is 6.03 Å². The average Bonchev–Trinajstić information content (AvgIpc) is 2.67. The van der Waals surface area contributed by atoms with Crippen molar-refractivity contribution >= 4 is 11.7 Å². The van der Waals surface area contributed by atoms with Gasteiger partial charge in [-0.1, -0.05) is 31.0 Å². The smallest absolute Gasteiger partial charge is 0.319 e. The van der Waals surface area contributed by atoms with Crippen LogP contribution >= 0.6 is 0 Å². The van der Waals surface area contributed by atoms with E-state index in [1.807, 2.05) is 18.2 Å². The summed E-state index contributed by atoms with van der Waals surface area (Å²) in [5.41, 5.74) is 2.14. The van der Waals surface area contributed by atoms with Crippen molar-refractivity contribution in [2.45, 2.75) is 31.2 Å². The molecule has 3 nitrogen and oxygen atoms in total. The minimum Gasteiger partial charge on any atom is -0.328 e. The molecule has 2 aliphatic rings. The van der Waals surface area contributed by atoms with Crippen LogP contribution in [0.1, 0.15) is 31.2 Å².